The van der Waals surface area contributed by atoms with Crippen LogP contribution < -0.4 is 5.32 Å². The number of hydrogen-bond donors (Lipinski definition) is 1. The van der Waals surface area contributed by atoms with Crippen molar-refractivity contribution in [3.05, 3.63) is 33.4 Å². The number of benzene rings is 1. The van der Waals surface area contributed by atoms with E-state index in [1.54, 1.807) is 26.0 Å². The molecule has 1 heterocycles. The topological polar surface area (TPSA) is 92.6 Å². The lowest BCUT2D eigenvalue weighted by molar-refractivity contribution is -0.388. The van der Waals surface area contributed by atoms with Crippen LogP contribution in [-0.4, -0.2) is 44.3 Å². The Morgan fingerprint density at radius 1 is 1.33 bits per heavy atom. The van der Waals surface area contributed by atoms with Crippen molar-refractivity contribution in [3.63, 3.8) is 0 Å². The lowest BCUT2D eigenvalue weighted by atomic mass is 10.00. The molecule has 1 fully saturated rings. The summed E-state index contributed by atoms with van der Waals surface area (Å²) in [6.45, 7) is 4.71. The number of nitrogens with zero attached hydrogens (tertiary/aromatic N) is 2. The van der Waals surface area contributed by atoms with Crippen LogP contribution in [0.4, 0.5) is 5.69 Å². The third-order valence-electron chi connectivity index (χ3n) is 4.29. The fraction of sp³-hybridized carbons (Fsp3) is 0.600. The van der Waals surface area contributed by atoms with Crippen molar-refractivity contribution in [2.24, 2.45) is 5.92 Å². The van der Waals surface area contributed by atoms with E-state index in [-0.39, 0.29) is 28.9 Å². The molecule has 0 spiro atoms. The van der Waals surface area contributed by atoms with Gasteiger partial charge in [-0.05, 0) is 51.8 Å². The van der Waals surface area contributed by atoms with Gasteiger partial charge in [0.05, 0.1) is 4.92 Å². The van der Waals surface area contributed by atoms with Gasteiger partial charge in [-0.3, -0.25) is 10.1 Å². The number of nitrogens with one attached hydrogen (secondary N) is 1. The summed E-state index contributed by atoms with van der Waals surface area (Å²) < 4.78 is 27.5. The predicted molar refractivity (Wildman–Crippen MR) is 95.2 cm³/mol. The first-order chi connectivity index (χ1) is 10.8. The van der Waals surface area contributed by atoms with Crippen LogP contribution in [0.15, 0.2) is 17.0 Å². The van der Waals surface area contributed by atoms with E-state index in [1.165, 1.54) is 4.31 Å². The minimum atomic E-state index is -3.88. The Labute approximate surface area is 149 Å². The highest BCUT2D eigenvalue weighted by molar-refractivity contribution is 7.89. The number of nitro groups is 1. The van der Waals surface area contributed by atoms with Crippen LogP contribution in [0.25, 0.3) is 0 Å². The molecule has 1 aliphatic heterocycles. The second-order valence-electron chi connectivity index (χ2n) is 6.06. The third-order valence-corrected chi connectivity index (χ3v) is 6.33. The first-order valence-electron chi connectivity index (χ1n) is 7.68. The quantitative estimate of drug-likeness (QED) is 0.627. The second kappa shape index (κ2) is 8.24. The Bertz CT molecular complexity index is 707. The summed E-state index contributed by atoms with van der Waals surface area (Å²) in [7, 11) is -2.04. The van der Waals surface area contributed by atoms with E-state index in [4.69, 9.17) is 0 Å². The number of nitro benzene ring substituents is 1. The zero-order valence-corrected chi connectivity index (χ0v) is 15.7. The largest absolute Gasteiger partial charge is 0.319 e. The molecule has 1 aromatic rings. The highest BCUT2D eigenvalue weighted by atomic mass is 35.5. The zero-order chi connectivity index (χ0) is 17.2. The normalized spacial score (nSPS) is 18.9. The molecular formula is C15H24ClN3O4S. The van der Waals surface area contributed by atoms with Gasteiger partial charge in [-0.1, -0.05) is 12.1 Å². The molecule has 9 heteroatoms. The Balaban J connectivity index is 0.00000288. The third kappa shape index (κ3) is 4.05. The number of piperidine rings is 1. The number of aryl methyl sites for hydroxylation is 2. The average molecular weight is 378 g/mol. The van der Waals surface area contributed by atoms with Crippen LogP contribution in [0, 0.1) is 29.9 Å². The Morgan fingerprint density at radius 2 is 1.96 bits per heavy atom. The number of hydrogen-bond acceptors (Lipinski definition) is 5. The van der Waals surface area contributed by atoms with Crippen molar-refractivity contribution in [1.29, 1.82) is 0 Å². The van der Waals surface area contributed by atoms with E-state index < -0.39 is 14.9 Å². The Kier molecular flexibility index (Phi) is 7.15. The van der Waals surface area contributed by atoms with Crippen molar-refractivity contribution in [3.8, 4) is 0 Å². The molecule has 24 heavy (non-hydrogen) atoms. The molecule has 1 aliphatic rings. The van der Waals surface area contributed by atoms with Crippen LogP contribution in [0.1, 0.15) is 24.0 Å². The summed E-state index contributed by atoms with van der Waals surface area (Å²) in [6, 6.07) is 3.22. The van der Waals surface area contributed by atoms with Crippen LogP contribution in [0.3, 0.4) is 0 Å². The molecule has 2 rings (SSSR count). The predicted octanol–water partition coefficient (Wildman–Crippen LogP) is 2.25. The van der Waals surface area contributed by atoms with Crippen molar-refractivity contribution in [2.45, 2.75) is 31.6 Å². The first kappa shape index (κ1) is 20.8. The molecule has 0 aliphatic carbocycles. The van der Waals surface area contributed by atoms with E-state index in [2.05, 4.69) is 5.32 Å². The Hall–Kier alpha value is -1.22. The van der Waals surface area contributed by atoms with Crippen molar-refractivity contribution in [1.82, 2.24) is 9.62 Å². The van der Waals surface area contributed by atoms with Gasteiger partial charge < -0.3 is 5.32 Å². The molecule has 136 valence electrons. The molecular weight excluding hydrogens is 354 g/mol. The summed E-state index contributed by atoms with van der Waals surface area (Å²) in [4.78, 5) is 10.7. The maximum absolute atomic E-state index is 13.0. The van der Waals surface area contributed by atoms with Crippen LogP contribution >= 0.6 is 12.4 Å². The maximum atomic E-state index is 13.0. The van der Waals surface area contributed by atoms with Crippen LogP contribution in [-0.2, 0) is 10.0 Å². The molecule has 0 aromatic heterocycles. The molecule has 0 saturated carbocycles. The molecule has 7 nitrogen and oxygen atoms in total. The summed E-state index contributed by atoms with van der Waals surface area (Å²) >= 11 is 0. The molecule has 1 unspecified atom stereocenters. The number of rotatable bonds is 5. The van der Waals surface area contributed by atoms with E-state index in [1.807, 2.05) is 7.05 Å². The van der Waals surface area contributed by atoms with Gasteiger partial charge in [0.2, 0.25) is 10.0 Å². The highest BCUT2D eigenvalue weighted by Crippen LogP contribution is 2.34. The molecule has 1 atom stereocenters. The summed E-state index contributed by atoms with van der Waals surface area (Å²) in [5.74, 6) is 0.229. The molecule has 0 bridgehead atoms. The fourth-order valence-corrected chi connectivity index (χ4v) is 5.14. The summed E-state index contributed by atoms with van der Waals surface area (Å²) in [5, 5.41) is 14.5. The van der Waals surface area contributed by atoms with E-state index in [9.17, 15) is 18.5 Å². The van der Waals surface area contributed by atoms with E-state index in [0.29, 0.717) is 24.2 Å². The van der Waals surface area contributed by atoms with Gasteiger partial charge in [-0.2, -0.15) is 4.31 Å². The molecule has 0 radical (unpaired) electrons. The fourth-order valence-electron chi connectivity index (χ4n) is 3.15. The number of sulfonamides is 1. The maximum Gasteiger partial charge on any atom is 0.292 e. The summed E-state index contributed by atoms with van der Waals surface area (Å²) in [5.41, 5.74) is 0.474. The standard InChI is InChI=1S/C15H23N3O4S.ClH/c1-11-6-7-12(2)15(14(11)18(19)20)23(21,22)17-8-4-5-13(10-17)9-16-3;/h6-7,13,16H,4-5,8-10H2,1-3H3;1H. The first-order valence-corrected chi connectivity index (χ1v) is 9.12. The second-order valence-corrected chi connectivity index (χ2v) is 7.94. The average Bonchev–Trinajstić information content (AvgIpc) is 2.49. The van der Waals surface area contributed by atoms with Gasteiger partial charge in [0.1, 0.15) is 0 Å². The van der Waals surface area contributed by atoms with Crippen LogP contribution in [0.2, 0.25) is 0 Å². The molecule has 1 aromatic carbocycles. The molecule has 1 saturated heterocycles. The zero-order valence-electron chi connectivity index (χ0n) is 14.1. The van der Waals surface area contributed by atoms with Gasteiger partial charge in [-0.25, -0.2) is 8.42 Å². The lowest BCUT2D eigenvalue weighted by Crippen LogP contribution is -2.42. The van der Waals surface area contributed by atoms with Crippen molar-refractivity contribution < 1.29 is 13.3 Å². The van der Waals surface area contributed by atoms with Gasteiger partial charge in [0.15, 0.2) is 4.90 Å². The monoisotopic (exact) mass is 377 g/mol. The van der Waals surface area contributed by atoms with Gasteiger partial charge in [0, 0.05) is 18.7 Å². The minimum absolute atomic E-state index is 0. The molecule has 1 N–H and O–H groups in total. The van der Waals surface area contributed by atoms with Gasteiger partial charge in [0.25, 0.3) is 5.69 Å². The SMILES string of the molecule is CNCC1CCCN(S(=O)(=O)c2c(C)ccc(C)c2[N+](=O)[O-])C1.Cl. The van der Waals surface area contributed by atoms with E-state index >= 15 is 0 Å². The van der Waals surface area contributed by atoms with Crippen molar-refractivity contribution in [2.75, 3.05) is 26.7 Å². The lowest BCUT2D eigenvalue weighted by Gasteiger charge is -2.32. The molecule has 0 amide bonds. The smallest absolute Gasteiger partial charge is 0.292 e. The highest BCUT2D eigenvalue weighted by Gasteiger charge is 2.36. The minimum Gasteiger partial charge on any atom is -0.319 e. The Morgan fingerprint density at radius 3 is 2.54 bits per heavy atom. The van der Waals surface area contributed by atoms with E-state index in [0.717, 1.165) is 19.4 Å². The van der Waals surface area contributed by atoms with Crippen LogP contribution in [0.5, 0.6) is 0 Å². The van der Waals surface area contributed by atoms with Gasteiger partial charge in [-0.15, -0.1) is 12.4 Å². The summed E-state index contributed by atoms with van der Waals surface area (Å²) in [6.07, 6.45) is 1.73. The number of halogens is 1. The van der Waals surface area contributed by atoms with Crippen molar-refractivity contribution >= 4 is 28.1 Å². The van der Waals surface area contributed by atoms with Gasteiger partial charge >= 0.3 is 0 Å².